The molecule has 0 radical (unpaired) electrons. The summed E-state index contributed by atoms with van der Waals surface area (Å²) in [6, 6.07) is 7.83. The van der Waals surface area contributed by atoms with E-state index in [0.29, 0.717) is 0 Å². The van der Waals surface area contributed by atoms with E-state index < -0.39 is 0 Å². The first kappa shape index (κ1) is 11.3. The summed E-state index contributed by atoms with van der Waals surface area (Å²) in [6.45, 7) is 0.867. The Hall–Kier alpha value is -1.18. The first-order valence-electron chi connectivity index (χ1n) is 6.15. The van der Waals surface area contributed by atoms with Crippen molar-refractivity contribution in [3.63, 3.8) is 0 Å². The fourth-order valence-corrected chi connectivity index (χ4v) is 2.24. The van der Waals surface area contributed by atoms with Gasteiger partial charge in [-0.05, 0) is 43.0 Å². The summed E-state index contributed by atoms with van der Waals surface area (Å²) < 4.78 is 10.9. The average Bonchev–Trinajstić information content (AvgIpc) is 2.38. The number of ether oxygens (including phenoxy) is 2. The molecule has 0 unspecified atom stereocenters. The zero-order valence-corrected chi connectivity index (χ0v) is 9.95. The van der Waals surface area contributed by atoms with Gasteiger partial charge >= 0.3 is 0 Å². The number of methoxy groups -OCH3 is 1. The van der Waals surface area contributed by atoms with E-state index in [1.165, 1.54) is 32.1 Å². The van der Waals surface area contributed by atoms with Crippen molar-refractivity contribution in [1.82, 2.24) is 0 Å². The van der Waals surface area contributed by atoms with Crippen LogP contribution in [-0.2, 0) is 0 Å². The van der Waals surface area contributed by atoms with Crippen LogP contribution < -0.4 is 9.47 Å². The third-order valence-electron chi connectivity index (χ3n) is 3.27. The second kappa shape index (κ2) is 5.78. The highest BCUT2D eigenvalue weighted by Crippen LogP contribution is 2.25. The zero-order chi connectivity index (χ0) is 11.2. The van der Waals surface area contributed by atoms with Crippen molar-refractivity contribution in [2.75, 3.05) is 13.7 Å². The van der Waals surface area contributed by atoms with Gasteiger partial charge < -0.3 is 9.47 Å². The zero-order valence-electron chi connectivity index (χ0n) is 9.95. The third-order valence-corrected chi connectivity index (χ3v) is 3.27. The SMILES string of the molecule is COc1ccc(OCC2CCCCC2)cc1. The lowest BCUT2D eigenvalue weighted by atomic mass is 9.90. The molecule has 1 saturated carbocycles. The lowest BCUT2D eigenvalue weighted by Crippen LogP contribution is -2.15. The van der Waals surface area contributed by atoms with E-state index in [0.717, 1.165) is 24.0 Å². The van der Waals surface area contributed by atoms with E-state index >= 15 is 0 Å². The van der Waals surface area contributed by atoms with Crippen LogP contribution >= 0.6 is 0 Å². The Labute approximate surface area is 97.6 Å². The molecular weight excluding hydrogens is 200 g/mol. The van der Waals surface area contributed by atoms with Crippen molar-refractivity contribution in [2.24, 2.45) is 5.92 Å². The van der Waals surface area contributed by atoms with Gasteiger partial charge in [0.15, 0.2) is 0 Å². The lowest BCUT2D eigenvalue weighted by Gasteiger charge is -2.21. The van der Waals surface area contributed by atoms with Crippen molar-refractivity contribution >= 4 is 0 Å². The summed E-state index contributed by atoms with van der Waals surface area (Å²) >= 11 is 0. The molecule has 0 heterocycles. The number of benzene rings is 1. The minimum Gasteiger partial charge on any atom is -0.497 e. The molecule has 0 spiro atoms. The maximum atomic E-state index is 5.79. The van der Waals surface area contributed by atoms with Gasteiger partial charge in [0, 0.05) is 0 Å². The van der Waals surface area contributed by atoms with Gasteiger partial charge in [0.25, 0.3) is 0 Å². The molecule has 2 heteroatoms. The molecule has 2 nitrogen and oxygen atoms in total. The predicted octanol–water partition coefficient (Wildman–Crippen LogP) is 3.65. The van der Waals surface area contributed by atoms with E-state index in [9.17, 15) is 0 Å². The predicted molar refractivity (Wildman–Crippen MR) is 65.1 cm³/mol. The van der Waals surface area contributed by atoms with Gasteiger partial charge in [0.05, 0.1) is 13.7 Å². The lowest BCUT2D eigenvalue weighted by molar-refractivity contribution is 0.208. The first-order chi connectivity index (χ1) is 7.88. The van der Waals surface area contributed by atoms with Crippen LogP contribution in [0.5, 0.6) is 11.5 Å². The molecule has 1 aromatic carbocycles. The van der Waals surface area contributed by atoms with Crippen molar-refractivity contribution in [2.45, 2.75) is 32.1 Å². The molecule has 1 fully saturated rings. The molecule has 0 aromatic heterocycles. The van der Waals surface area contributed by atoms with Crippen molar-refractivity contribution < 1.29 is 9.47 Å². The van der Waals surface area contributed by atoms with E-state index in [2.05, 4.69) is 0 Å². The smallest absolute Gasteiger partial charge is 0.119 e. The summed E-state index contributed by atoms with van der Waals surface area (Å²) in [7, 11) is 1.68. The van der Waals surface area contributed by atoms with Crippen molar-refractivity contribution in [3.05, 3.63) is 24.3 Å². The summed E-state index contributed by atoms with van der Waals surface area (Å²) in [5.74, 6) is 2.59. The molecular formula is C14H20O2. The van der Waals surface area contributed by atoms with Gasteiger partial charge in [-0.3, -0.25) is 0 Å². The molecule has 1 aliphatic carbocycles. The molecule has 1 aliphatic rings. The average molecular weight is 220 g/mol. The Kier molecular flexibility index (Phi) is 4.09. The minimum atomic E-state index is 0.760. The Morgan fingerprint density at radius 2 is 1.62 bits per heavy atom. The summed E-state index contributed by atoms with van der Waals surface area (Å²) in [5, 5.41) is 0. The van der Waals surface area contributed by atoms with Crippen LogP contribution in [0.2, 0.25) is 0 Å². The van der Waals surface area contributed by atoms with E-state index in [1.54, 1.807) is 7.11 Å². The maximum Gasteiger partial charge on any atom is 0.119 e. The number of hydrogen-bond acceptors (Lipinski definition) is 2. The van der Waals surface area contributed by atoms with Crippen LogP contribution in [0.3, 0.4) is 0 Å². The fraction of sp³-hybridized carbons (Fsp3) is 0.571. The molecule has 2 rings (SSSR count). The topological polar surface area (TPSA) is 18.5 Å². The molecule has 88 valence electrons. The Bertz CT molecular complexity index is 299. The molecule has 0 amide bonds. The van der Waals surface area contributed by atoms with Crippen LogP contribution in [0.25, 0.3) is 0 Å². The molecule has 0 saturated heterocycles. The van der Waals surface area contributed by atoms with Crippen LogP contribution in [0.4, 0.5) is 0 Å². The quantitative estimate of drug-likeness (QED) is 0.771. The number of rotatable bonds is 4. The van der Waals surface area contributed by atoms with Gasteiger partial charge in [-0.25, -0.2) is 0 Å². The third kappa shape index (κ3) is 3.16. The highest BCUT2D eigenvalue weighted by molar-refractivity contribution is 5.31. The van der Waals surface area contributed by atoms with Gasteiger partial charge in [-0.1, -0.05) is 19.3 Å². The Balaban J connectivity index is 1.79. The normalized spacial score (nSPS) is 17.1. The van der Waals surface area contributed by atoms with Crippen LogP contribution in [0.15, 0.2) is 24.3 Å². The minimum absolute atomic E-state index is 0.760. The monoisotopic (exact) mass is 220 g/mol. The second-order valence-corrected chi connectivity index (χ2v) is 4.49. The Morgan fingerprint density at radius 1 is 1.00 bits per heavy atom. The van der Waals surface area contributed by atoms with Crippen LogP contribution in [0.1, 0.15) is 32.1 Å². The molecule has 0 aliphatic heterocycles. The number of hydrogen-bond donors (Lipinski definition) is 0. The van der Waals surface area contributed by atoms with Gasteiger partial charge in [0.1, 0.15) is 11.5 Å². The fourth-order valence-electron chi connectivity index (χ4n) is 2.24. The molecule has 0 atom stereocenters. The molecule has 16 heavy (non-hydrogen) atoms. The van der Waals surface area contributed by atoms with E-state index in [1.807, 2.05) is 24.3 Å². The van der Waals surface area contributed by atoms with E-state index in [4.69, 9.17) is 9.47 Å². The van der Waals surface area contributed by atoms with Crippen molar-refractivity contribution in [3.8, 4) is 11.5 Å². The molecule has 0 N–H and O–H groups in total. The molecule has 0 bridgehead atoms. The highest BCUT2D eigenvalue weighted by Gasteiger charge is 2.13. The highest BCUT2D eigenvalue weighted by atomic mass is 16.5. The summed E-state index contributed by atoms with van der Waals surface area (Å²) in [5.41, 5.74) is 0. The van der Waals surface area contributed by atoms with Crippen molar-refractivity contribution in [1.29, 1.82) is 0 Å². The first-order valence-corrected chi connectivity index (χ1v) is 6.15. The summed E-state index contributed by atoms with van der Waals surface area (Å²) in [4.78, 5) is 0. The largest absolute Gasteiger partial charge is 0.497 e. The standard InChI is InChI=1S/C14H20O2/c1-15-13-7-9-14(10-8-13)16-11-12-5-3-2-4-6-12/h7-10,12H,2-6,11H2,1H3. The van der Waals surface area contributed by atoms with Crippen LogP contribution in [-0.4, -0.2) is 13.7 Å². The van der Waals surface area contributed by atoms with E-state index in [-0.39, 0.29) is 0 Å². The van der Waals surface area contributed by atoms with Gasteiger partial charge in [-0.15, -0.1) is 0 Å². The maximum absolute atomic E-state index is 5.79. The van der Waals surface area contributed by atoms with Gasteiger partial charge in [0.2, 0.25) is 0 Å². The van der Waals surface area contributed by atoms with Crippen LogP contribution in [0, 0.1) is 5.92 Å². The Morgan fingerprint density at radius 3 is 2.25 bits per heavy atom. The second-order valence-electron chi connectivity index (χ2n) is 4.49. The summed E-state index contributed by atoms with van der Waals surface area (Å²) in [6.07, 6.45) is 6.80. The molecule has 1 aromatic rings. The van der Waals surface area contributed by atoms with Gasteiger partial charge in [-0.2, -0.15) is 0 Å².